The topological polar surface area (TPSA) is 41.1 Å². The highest BCUT2D eigenvalue weighted by atomic mass is 35.5. The van der Waals surface area contributed by atoms with Gasteiger partial charge < -0.3 is 10.6 Å². The molecule has 3 nitrogen and oxygen atoms in total. The maximum Gasteiger partial charge on any atom is 0.391 e. The van der Waals surface area contributed by atoms with Crippen molar-refractivity contribution in [1.82, 2.24) is 10.6 Å². The third-order valence-electron chi connectivity index (χ3n) is 4.79. The van der Waals surface area contributed by atoms with Gasteiger partial charge in [-0.2, -0.15) is 13.2 Å². The molecule has 1 aliphatic carbocycles. The van der Waals surface area contributed by atoms with Crippen molar-refractivity contribution in [3.8, 4) is 0 Å². The average molecular weight is 343 g/mol. The highest BCUT2D eigenvalue weighted by Crippen LogP contribution is 2.37. The zero-order valence-corrected chi connectivity index (χ0v) is 13.6. The van der Waals surface area contributed by atoms with Gasteiger partial charge in [0.15, 0.2) is 0 Å². The smallest absolute Gasteiger partial charge is 0.353 e. The van der Waals surface area contributed by atoms with Crippen LogP contribution in [0.1, 0.15) is 51.4 Å². The van der Waals surface area contributed by atoms with Crippen LogP contribution in [0.5, 0.6) is 0 Å². The van der Waals surface area contributed by atoms with Gasteiger partial charge in [0.1, 0.15) is 0 Å². The van der Waals surface area contributed by atoms with Gasteiger partial charge in [-0.3, -0.25) is 4.79 Å². The molecule has 0 aromatic carbocycles. The lowest BCUT2D eigenvalue weighted by Gasteiger charge is -2.30. The molecule has 1 saturated carbocycles. The summed E-state index contributed by atoms with van der Waals surface area (Å²) in [4.78, 5) is 11.9. The largest absolute Gasteiger partial charge is 0.391 e. The molecule has 130 valence electrons. The van der Waals surface area contributed by atoms with E-state index in [1.165, 1.54) is 0 Å². The third kappa shape index (κ3) is 6.32. The summed E-state index contributed by atoms with van der Waals surface area (Å²) in [5.41, 5.74) is 0. The normalized spacial score (nSPS) is 27.0. The molecule has 0 aromatic rings. The van der Waals surface area contributed by atoms with E-state index in [0.717, 1.165) is 32.4 Å². The van der Waals surface area contributed by atoms with Crippen LogP contribution >= 0.6 is 12.4 Å². The van der Waals surface area contributed by atoms with Crippen LogP contribution < -0.4 is 10.6 Å². The third-order valence-corrected chi connectivity index (χ3v) is 4.79. The van der Waals surface area contributed by atoms with Crippen LogP contribution in [0.4, 0.5) is 13.2 Å². The maximum atomic E-state index is 12.6. The second-order valence-corrected chi connectivity index (χ2v) is 6.39. The lowest BCUT2D eigenvalue weighted by Crippen LogP contribution is -2.40. The summed E-state index contributed by atoms with van der Waals surface area (Å²) >= 11 is 0. The highest BCUT2D eigenvalue weighted by molar-refractivity contribution is 5.85. The molecule has 0 atom stereocenters. The summed E-state index contributed by atoms with van der Waals surface area (Å²) in [6, 6.07) is -0.0656. The average Bonchev–Trinajstić information content (AvgIpc) is 2.46. The van der Waals surface area contributed by atoms with Crippen molar-refractivity contribution >= 4 is 18.3 Å². The molecule has 22 heavy (non-hydrogen) atoms. The predicted octanol–water partition coefficient (Wildman–Crippen LogP) is 3.43. The Bertz CT molecular complexity index is 338. The number of nitrogens with one attached hydrogen (secondary N) is 2. The van der Waals surface area contributed by atoms with Gasteiger partial charge in [-0.05, 0) is 64.0 Å². The summed E-state index contributed by atoms with van der Waals surface area (Å²) in [6.07, 6.45) is 0.727. The van der Waals surface area contributed by atoms with Crippen LogP contribution in [0.2, 0.25) is 0 Å². The van der Waals surface area contributed by atoms with Crippen molar-refractivity contribution in [1.29, 1.82) is 0 Å². The van der Waals surface area contributed by atoms with Crippen molar-refractivity contribution in [2.45, 2.75) is 63.6 Å². The minimum Gasteiger partial charge on any atom is -0.353 e. The first-order valence-electron chi connectivity index (χ1n) is 8.02. The summed E-state index contributed by atoms with van der Waals surface area (Å²) in [6.45, 7) is 2.04. The van der Waals surface area contributed by atoms with Crippen LogP contribution in [0.25, 0.3) is 0 Å². The van der Waals surface area contributed by atoms with E-state index in [4.69, 9.17) is 0 Å². The Balaban J connectivity index is 0.00000242. The molecule has 0 aromatic heterocycles. The Hall–Kier alpha value is -0.490. The molecule has 1 aliphatic heterocycles. The molecule has 0 unspecified atom stereocenters. The quantitative estimate of drug-likeness (QED) is 0.822. The van der Waals surface area contributed by atoms with Gasteiger partial charge >= 0.3 is 6.18 Å². The van der Waals surface area contributed by atoms with Gasteiger partial charge in [0.2, 0.25) is 5.91 Å². The lowest BCUT2D eigenvalue weighted by molar-refractivity contribution is -0.182. The number of carbonyl (C=O) groups is 1. The maximum absolute atomic E-state index is 12.6. The number of carbonyl (C=O) groups excluding carboxylic acids is 1. The Kier molecular flexibility index (Phi) is 7.97. The van der Waals surface area contributed by atoms with Gasteiger partial charge in [0.05, 0.1) is 5.92 Å². The van der Waals surface area contributed by atoms with E-state index in [0.29, 0.717) is 25.2 Å². The second kappa shape index (κ2) is 8.96. The fourth-order valence-electron chi connectivity index (χ4n) is 3.37. The first-order chi connectivity index (χ1) is 9.95. The summed E-state index contributed by atoms with van der Waals surface area (Å²) in [5.74, 6) is -0.567. The van der Waals surface area contributed by atoms with Gasteiger partial charge in [0.25, 0.3) is 0 Å². The SMILES string of the molecule is Cl.O=C(CCC1CCNCC1)NC1CCC(C(F)(F)F)CC1. The standard InChI is InChI=1S/C15H25F3N2O.ClH/c16-15(17,18)12-2-4-13(5-3-12)20-14(21)6-1-11-7-9-19-10-8-11;/h11-13,19H,1-10H2,(H,20,21);1H. The number of alkyl halides is 3. The molecule has 2 N–H and O–H groups in total. The molecule has 0 bridgehead atoms. The number of rotatable bonds is 4. The number of hydrogen-bond acceptors (Lipinski definition) is 2. The summed E-state index contributed by atoms with van der Waals surface area (Å²) in [7, 11) is 0. The van der Waals surface area contributed by atoms with Crippen molar-refractivity contribution < 1.29 is 18.0 Å². The molecule has 1 amide bonds. The molecule has 7 heteroatoms. The minimum absolute atomic E-state index is 0. The fourth-order valence-corrected chi connectivity index (χ4v) is 3.37. The molecule has 0 radical (unpaired) electrons. The van der Waals surface area contributed by atoms with Gasteiger partial charge in [-0.25, -0.2) is 0 Å². The van der Waals surface area contributed by atoms with E-state index in [2.05, 4.69) is 10.6 Å². The summed E-state index contributed by atoms with van der Waals surface area (Å²) in [5, 5.41) is 6.20. The molecule has 2 aliphatic rings. The van der Waals surface area contributed by atoms with Crippen molar-refractivity contribution in [3.05, 3.63) is 0 Å². The molecular formula is C15H26ClF3N2O. The van der Waals surface area contributed by atoms with E-state index in [1.807, 2.05) is 0 Å². The summed E-state index contributed by atoms with van der Waals surface area (Å²) < 4.78 is 37.7. The number of amides is 1. The van der Waals surface area contributed by atoms with E-state index in [1.54, 1.807) is 0 Å². The van der Waals surface area contributed by atoms with E-state index >= 15 is 0 Å². The molecule has 2 rings (SSSR count). The Morgan fingerprint density at radius 2 is 1.64 bits per heavy atom. The predicted molar refractivity (Wildman–Crippen MR) is 82.0 cm³/mol. The number of halogens is 4. The Labute approximate surface area is 136 Å². The number of hydrogen-bond donors (Lipinski definition) is 2. The molecule has 2 fully saturated rings. The van der Waals surface area contributed by atoms with Crippen LogP contribution in [0.3, 0.4) is 0 Å². The second-order valence-electron chi connectivity index (χ2n) is 6.39. The molecular weight excluding hydrogens is 317 g/mol. The monoisotopic (exact) mass is 342 g/mol. The van der Waals surface area contributed by atoms with Gasteiger partial charge in [0, 0.05) is 12.5 Å². The van der Waals surface area contributed by atoms with Crippen LogP contribution in [-0.2, 0) is 4.79 Å². The van der Waals surface area contributed by atoms with Gasteiger partial charge in [-0.1, -0.05) is 0 Å². The van der Waals surface area contributed by atoms with Crippen molar-refractivity contribution in [2.75, 3.05) is 13.1 Å². The Morgan fingerprint density at radius 1 is 1.05 bits per heavy atom. The zero-order valence-electron chi connectivity index (χ0n) is 12.8. The van der Waals surface area contributed by atoms with Crippen LogP contribution in [0, 0.1) is 11.8 Å². The molecule has 1 heterocycles. The van der Waals surface area contributed by atoms with E-state index in [9.17, 15) is 18.0 Å². The van der Waals surface area contributed by atoms with Crippen molar-refractivity contribution in [2.24, 2.45) is 11.8 Å². The van der Waals surface area contributed by atoms with Crippen LogP contribution in [0.15, 0.2) is 0 Å². The highest BCUT2D eigenvalue weighted by Gasteiger charge is 2.41. The number of piperidine rings is 1. The van der Waals surface area contributed by atoms with Crippen molar-refractivity contribution in [3.63, 3.8) is 0 Å². The fraction of sp³-hybridized carbons (Fsp3) is 0.933. The first kappa shape index (κ1) is 19.6. The molecule has 1 saturated heterocycles. The van der Waals surface area contributed by atoms with Gasteiger partial charge in [-0.15, -0.1) is 12.4 Å². The molecule has 0 spiro atoms. The van der Waals surface area contributed by atoms with E-state index < -0.39 is 12.1 Å². The minimum atomic E-state index is -4.08. The first-order valence-corrected chi connectivity index (χ1v) is 8.02. The Morgan fingerprint density at radius 3 is 2.18 bits per heavy atom. The zero-order chi connectivity index (χ0) is 15.3. The lowest BCUT2D eigenvalue weighted by atomic mass is 9.85. The van der Waals surface area contributed by atoms with E-state index in [-0.39, 0.29) is 37.2 Å². The van der Waals surface area contributed by atoms with Crippen LogP contribution in [-0.4, -0.2) is 31.2 Å².